The Balaban J connectivity index is 0.879. The molecule has 2 saturated carbocycles. The van der Waals surface area contributed by atoms with Gasteiger partial charge in [0, 0.05) is 67.8 Å². The van der Waals surface area contributed by atoms with Gasteiger partial charge in [0.1, 0.15) is 47.7 Å². The van der Waals surface area contributed by atoms with Gasteiger partial charge in [-0.2, -0.15) is 5.10 Å². The molecule has 2 aliphatic carbocycles. The summed E-state index contributed by atoms with van der Waals surface area (Å²) in [6.07, 6.45) is 6.84. The zero-order valence-corrected chi connectivity index (χ0v) is 37.5. The van der Waals surface area contributed by atoms with Crippen molar-refractivity contribution >= 4 is 61.9 Å². The van der Waals surface area contributed by atoms with Crippen LogP contribution in [-0.2, 0) is 51.1 Å². The minimum atomic E-state index is -0.751. The maximum absolute atomic E-state index is 14.4. The van der Waals surface area contributed by atoms with Crippen molar-refractivity contribution in [2.24, 2.45) is 11.1 Å². The van der Waals surface area contributed by atoms with Gasteiger partial charge < -0.3 is 40.2 Å². The molecule has 3 amide bonds. The number of pyridine rings is 1. The van der Waals surface area contributed by atoms with E-state index in [0.717, 1.165) is 24.8 Å². The number of hydrogen-bond acceptors (Lipinski definition) is 14. The van der Waals surface area contributed by atoms with Crippen LogP contribution >= 0.6 is 15.9 Å². The number of nitrogens with zero attached hydrogens (tertiary/aromatic N) is 6. The summed E-state index contributed by atoms with van der Waals surface area (Å²) in [5.74, 6) is -0.893. The SMILES string of the molecule is CC(=O)c1nn(CC(=O)N2[C@H](C(=O)Nc3nc(Br)c(F)cc3C3CC3)C[C@@]3(C)C[C@@H]23)c2ccc(-c3cnc(CCC(=O)COCCOCCNC(=O)COCCOCCN)nc3)cc12. The molecule has 0 radical (unpaired) electrons. The van der Waals surface area contributed by atoms with E-state index in [1.807, 2.05) is 12.1 Å². The maximum atomic E-state index is 14.4. The van der Waals surface area contributed by atoms with Crippen molar-refractivity contribution in [2.75, 3.05) is 71.3 Å². The molecule has 0 bridgehead atoms. The highest BCUT2D eigenvalue weighted by atomic mass is 79.9. The Kier molecular flexibility index (Phi) is 15.6. The van der Waals surface area contributed by atoms with E-state index in [1.54, 1.807) is 23.4 Å². The van der Waals surface area contributed by atoms with Gasteiger partial charge in [-0.3, -0.25) is 28.7 Å². The zero-order valence-electron chi connectivity index (χ0n) is 35.9. The second-order valence-electron chi connectivity index (χ2n) is 16.5. The second-order valence-corrected chi connectivity index (χ2v) is 17.3. The van der Waals surface area contributed by atoms with E-state index >= 15 is 0 Å². The van der Waals surface area contributed by atoms with Crippen molar-refractivity contribution < 1.29 is 47.3 Å². The number of hydrogen-bond donors (Lipinski definition) is 3. The summed E-state index contributed by atoms with van der Waals surface area (Å²) >= 11 is 3.14. The molecule has 4 N–H and O–H groups in total. The van der Waals surface area contributed by atoms with Gasteiger partial charge >= 0.3 is 0 Å². The van der Waals surface area contributed by atoms with Crippen molar-refractivity contribution in [3.8, 4) is 11.1 Å². The van der Waals surface area contributed by atoms with Crippen LogP contribution in [-0.4, -0.2) is 137 Å². The highest BCUT2D eigenvalue weighted by Crippen LogP contribution is 2.59. The zero-order chi connectivity index (χ0) is 45.4. The Labute approximate surface area is 377 Å². The average Bonchev–Trinajstić information content (AvgIpc) is 4.18. The Morgan fingerprint density at radius 1 is 0.938 bits per heavy atom. The summed E-state index contributed by atoms with van der Waals surface area (Å²) in [6, 6.07) is 5.99. The van der Waals surface area contributed by atoms with Gasteiger partial charge in [0.2, 0.25) is 17.7 Å². The van der Waals surface area contributed by atoms with Gasteiger partial charge in [0.05, 0.1) is 45.2 Å². The van der Waals surface area contributed by atoms with Gasteiger partial charge in [-0.15, -0.1) is 0 Å². The third-order valence-electron chi connectivity index (χ3n) is 11.6. The number of benzene rings is 1. The summed E-state index contributed by atoms with van der Waals surface area (Å²) in [4.78, 5) is 79.8. The van der Waals surface area contributed by atoms with Crippen molar-refractivity contribution in [3.63, 3.8) is 0 Å². The molecule has 3 aromatic heterocycles. The summed E-state index contributed by atoms with van der Waals surface area (Å²) in [6.45, 7) is 5.78. The Morgan fingerprint density at radius 3 is 2.38 bits per heavy atom. The standard InChI is InChI=1S/C44H53BrFN9O9/c1-26(56)40-32-17-28(29-21-49-37(50-22-29)8-6-30(57)24-63-15-14-62-12-10-48-38(58)25-64-16-13-61-11-9-47)5-7-34(32)54(53-40)23-39(59)55-35(19-44(2)20-36(44)55)43(60)52-42-31(27-3-4-27)18-33(46)41(45)51-42/h5,7,17-18,21-22,27,35-36H,3-4,6,8-16,19-20,23-25,47H2,1-2H3,(H,48,58)(H,51,52,60)/t35-,36+,44-/m0/s1. The van der Waals surface area contributed by atoms with E-state index in [2.05, 4.69) is 53.5 Å². The molecule has 1 saturated heterocycles. The molecule has 1 aliphatic heterocycles. The van der Waals surface area contributed by atoms with E-state index in [9.17, 15) is 28.4 Å². The van der Waals surface area contributed by atoms with Crippen molar-refractivity contribution in [3.05, 3.63) is 64.2 Å². The molecule has 64 heavy (non-hydrogen) atoms. The van der Waals surface area contributed by atoms with Crippen LogP contribution in [0.25, 0.3) is 22.0 Å². The number of halogens is 2. The molecule has 1 aromatic carbocycles. The smallest absolute Gasteiger partial charge is 0.248 e. The highest BCUT2D eigenvalue weighted by molar-refractivity contribution is 9.10. The molecule has 4 heterocycles. The number of anilines is 1. The summed E-state index contributed by atoms with van der Waals surface area (Å²) < 4.78 is 37.1. The third kappa shape index (κ3) is 11.8. The number of ketones is 2. The second kappa shape index (κ2) is 21.2. The monoisotopic (exact) mass is 949 g/mol. The number of fused-ring (bicyclic) bond motifs is 2. The first-order valence-corrected chi connectivity index (χ1v) is 22.2. The number of aromatic nitrogens is 5. The van der Waals surface area contributed by atoms with Crippen LogP contribution in [0.4, 0.5) is 10.2 Å². The fourth-order valence-corrected chi connectivity index (χ4v) is 8.23. The van der Waals surface area contributed by atoms with Crippen LogP contribution in [0.1, 0.15) is 73.7 Å². The molecule has 18 nitrogen and oxygen atoms in total. The predicted octanol–water partition coefficient (Wildman–Crippen LogP) is 3.53. The molecule has 3 aliphatic rings. The number of ether oxygens (including phenoxy) is 4. The topological polar surface area (TPSA) is 232 Å². The van der Waals surface area contributed by atoms with Crippen molar-refractivity contribution in [1.82, 2.24) is 34.9 Å². The number of amides is 3. The highest BCUT2D eigenvalue weighted by Gasteiger charge is 2.64. The number of rotatable bonds is 25. The Hall–Kier alpha value is -5.12. The molecular weight excluding hydrogens is 897 g/mol. The van der Waals surface area contributed by atoms with Crippen LogP contribution in [0, 0.1) is 11.2 Å². The van der Waals surface area contributed by atoms with Crippen LogP contribution in [0.15, 0.2) is 41.3 Å². The van der Waals surface area contributed by atoms with E-state index in [0.29, 0.717) is 79.4 Å². The fourth-order valence-electron chi connectivity index (χ4n) is 7.94. The number of aryl methyl sites for hydroxylation is 1. The summed E-state index contributed by atoms with van der Waals surface area (Å²) in [5, 5.41) is 10.7. The lowest BCUT2D eigenvalue weighted by Gasteiger charge is -2.27. The molecule has 7 rings (SSSR count). The van der Waals surface area contributed by atoms with E-state index in [-0.39, 0.29) is 103 Å². The molecule has 3 atom stereocenters. The number of likely N-dealkylation sites (tertiary alicyclic amines) is 1. The Bertz CT molecular complexity index is 2360. The number of piperidine rings is 1. The maximum Gasteiger partial charge on any atom is 0.248 e. The third-order valence-corrected chi connectivity index (χ3v) is 12.1. The number of nitrogens with one attached hydrogen (secondary N) is 2. The first-order chi connectivity index (χ1) is 30.8. The van der Waals surface area contributed by atoms with Gasteiger partial charge in [0.15, 0.2) is 17.4 Å². The summed E-state index contributed by atoms with van der Waals surface area (Å²) in [7, 11) is 0. The van der Waals surface area contributed by atoms with Crippen molar-refractivity contribution in [2.45, 2.75) is 76.9 Å². The minimum Gasteiger partial charge on any atom is -0.378 e. The number of Topliss-reactive ketones (excluding diaryl/α,β-unsaturated/α-hetero) is 2. The molecule has 0 spiro atoms. The normalized spacial score (nSPS) is 18.9. The van der Waals surface area contributed by atoms with E-state index in [1.165, 1.54) is 17.7 Å². The van der Waals surface area contributed by atoms with Crippen LogP contribution in [0.2, 0.25) is 0 Å². The van der Waals surface area contributed by atoms with E-state index in [4.69, 9.17) is 24.7 Å². The largest absolute Gasteiger partial charge is 0.378 e. The lowest BCUT2D eigenvalue weighted by Crippen LogP contribution is -2.47. The van der Waals surface area contributed by atoms with Gasteiger partial charge in [-0.25, -0.2) is 19.3 Å². The predicted molar refractivity (Wildman–Crippen MR) is 234 cm³/mol. The van der Waals surface area contributed by atoms with Crippen LogP contribution in [0.3, 0.4) is 0 Å². The summed E-state index contributed by atoms with van der Waals surface area (Å²) in [5.41, 5.74) is 7.98. The van der Waals surface area contributed by atoms with Crippen molar-refractivity contribution in [1.29, 1.82) is 0 Å². The van der Waals surface area contributed by atoms with Crippen LogP contribution in [0.5, 0.6) is 0 Å². The lowest BCUT2D eigenvalue weighted by molar-refractivity contribution is -0.138. The Morgan fingerprint density at radius 2 is 1.66 bits per heavy atom. The number of carbonyl (C=O) groups is 5. The van der Waals surface area contributed by atoms with Crippen LogP contribution < -0.4 is 16.4 Å². The van der Waals surface area contributed by atoms with Gasteiger partial charge in [0.25, 0.3) is 0 Å². The number of carbonyl (C=O) groups excluding carboxylic acids is 5. The fraction of sp³-hybridized carbons (Fsp3) is 0.523. The molecule has 3 fully saturated rings. The minimum absolute atomic E-state index is 0.00880. The molecular formula is C44H53BrFN9O9. The molecule has 4 aromatic rings. The first kappa shape index (κ1) is 46.9. The average molecular weight is 951 g/mol. The van der Waals surface area contributed by atoms with E-state index < -0.39 is 11.9 Å². The molecule has 342 valence electrons. The lowest BCUT2D eigenvalue weighted by atomic mass is 10.0. The van der Waals surface area contributed by atoms with Gasteiger partial charge in [-0.1, -0.05) is 13.0 Å². The molecule has 0 unspecified atom stereocenters. The first-order valence-electron chi connectivity index (χ1n) is 21.5. The number of nitrogens with two attached hydrogens (primary N) is 1. The van der Waals surface area contributed by atoms with Gasteiger partial charge in [-0.05, 0) is 76.7 Å². The quantitative estimate of drug-likeness (QED) is 0.0491. The molecule has 20 heteroatoms.